The zero-order valence-electron chi connectivity index (χ0n) is 8.12. The van der Waals surface area contributed by atoms with Crippen molar-refractivity contribution in [2.45, 2.75) is 25.0 Å². The van der Waals surface area contributed by atoms with E-state index in [-0.39, 0.29) is 26.4 Å². The molecule has 0 amide bonds. The van der Waals surface area contributed by atoms with Crippen LogP contribution >= 0.6 is 0 Å². The highest BCUT2D eigenvalue weighted by Crippen LogP contribution is 2.05. The number of nitrogens with one attached hydrogen (secondary N) is 1. The van der Waals surface area contributed by atoms with Crippen LogP contribution in [0.4, 0.5) is 0 Å². The smallest absolute Gasteiger partial charge is 0.0882 e. The molecule has 5 N–H and O–H groups in total. The summed E-state index contributed by atoms with van der Waals surface area (Å²) in [5.74, 6) is 0. The molecule has 0 spiro atoms. The van der Waals surface area contributed by atoms with Gasteiger partial charge in [-0.3, -0.25) is 0 Å². The fourth-order valence-corrected chi connectivity index (χ4v) is 0.722. The van der Waals surface area contributed by atoms with E-state index in [1.54, 1.807) is 13.8 Å². The van der Waals surface area contributed by atoms with E-state index in [9.17, 15) is 5.11 Å². The second-order valence-electron chi connectivity index (χ2n) is 3.92. The Morgan fingerprint density at radius 3 is 1.62 bits per heavy atom. The number of β-amino-alcohol motifs (C(OH)–C–C–N with tert-alkyl or cyclic N) is 1. The average molecular weight is 193 g/mol. The molecule has 0 fully saturated rings. The molecular weight excluding hydrogens is 174 g/mol. The Labute approximate surface area is 78.0 Å². The van der Waals surface area contributed by atoms with E-state index in [0.717, 1.165) is 0 Å². The summed E-state index contributed by atoms with van der Waals surface area (Å²) in [5, 5.41) is 38.8. The first-order chi connectivity index (χ1) is 5.89. The maximum Gasteiger partial charge on any atom is 0.0882 e. The number of aliphatic hydroxyl groups excluding tert-OH is 3. The predicted octanol–water partition coefficient (Wildman–Crippen LogP) is -1.94. The Kier molecular flexibility index (Phi) is 4.80. The number of rotatable bonds is 6. The minimum absolute atomic E-state index is 0.189. The van der Waals surface area contributed by atoms with Crippen LogP contribution in [0.5, 0.6) is 0 Å². The summed E-state index contributed by atoms with van der Waals surface area (Å²) in [6.07, 6.45) is 0. The van der Waals surface area contributed by atoms with Gasteiger partial charge >= 0.3 is 0 Å². The molecule has 0 saturated heterocycles. The van der Waals surface area contributed by atoms with Gasteiger partial charge in [-0.25, -0.2) is 0 Å². The van der Waals surface area contributed by atoms with Crippen LogP contribution < -0.4 is 5.32 Å². The van der Waals surface area contributed by atoms with Gasteiger partial charge in [0.2, 0.25) is 0 Å². The third-order valence-corrected chi connectivity index (χ3v) is 1.80. The van der Waals surface area contributed by atoms with Gasteiger partial charge in [0.25, 0.3) is 0 Å². The lowest BCUT2D eigenvalue weighted by Gasteiger charge is -2.31. The van der Waals surface area contributed by atoms with Crippen LogP contribution in [0, 0.1) is 0 Å². The zero-order chi connectivity index (χ0) is 10.5. The van der Waals surface area contributed by atoms with Gasteiger partial charge in [0.05, 0.1) is 31.0 Å². The summed E-state index contributed by atoms with van der Waals surface area (Å²) in [6, 6.07) is 0. The third kappa shape index (κ3) is 4.54. The topological polar surface area (TPSA) is 93.0 Å². The Morgan fingerprint density at radius 1 is 1.00 bits per heavy atom. The highest BCUT2D eigenvalue weighted by atomic mass is 16.3. The van der Waals surface area contributed by atoms with Crippen LogP contribution in [0.25, 0.3) is 0 Å². The molecule has 0 aliphatic carbocycles. The van der Waals surface area contributed by atoms with Gasteiger partial charge in [-0.2, -0.15) is 0 Å². The molecular formula is C8H19NO4. The van der Waals surface area contributed by atoms with E-state index < -0.39 is 11.1 Å². The van der Waals surface area contributed by atoms with Crippen molar-refractivity contribution < 1.29 is 20.4 Å². The molecule has 0 aromatic rings. The first-order valence-corrected chi connectivity index (χ1v) is 4.19. The molecule has 0 aliphatic rings. The first-order valence-electron chi connectivity index (χ1n) is 4.19. The number of hydrogen-bond acceptors (Lipinski definition) is 5. The maximum atomic E-state index is 9.36. The predicted molar refractivity (Wildman–Crippen MR) is 48.3 cm³/mol. The van der Waals surface area contributed by atoms with E-state index in [4.69, 9.17) is 15.3 Å². The second kappa shape index (κ2) is 4.88. The fourth-order valence-electron chi connectivity index (χ4n) is 0.722. The summed E-state index contributed by atoms with van der Waals surface area (Å²) in [6.45, 7) is 2.24. The molecule has 0 aliphatic heterocycles. The Hall–Kier alpha value is -0.200. The molecule has 0 aromatic heterocycles. The van der Waals surface area contributed by atoms with E-state index in [2.05, 4.69) is 5.32 Å². The lowest BCUT2D eigenvalue weighted by Crippen LogP contribution is -2.58. The summed E-state index contributed by atoms with van der Waals surface area (Å²) < 4.78 is 0. The van der Waals surface area contributed by atoms with Crippen LogP contribution in [-0.4, -0.2) is 57.9 Å². The van der Waals surface area contributed by atoms with Crippen molar-refractivity contribution >= 4 is 0 Å². The molecule has 0 atom stereocenters. The lowest BCUT2D eigenvalue weighted by atomic mass is 10.0. The van der Waals surface area contributed by atoms with Crippen molar-refractivity contribution in [2.75, 3.05) is 26.4 Å². The van der Waals surface area contributed by atoms with Crippen molar-refractivity contribution in [3.05, 3.63) is 0 Å². The standard InChI is InChI=1S/C8H19NO4/c1-7(2,13)3-9-8(4-10,5-11)6-12/h9-13H,3-6H2,1-2H3. The summed E-state index contributed by atoms with van der Waals surface area (Å²) in [5.41, 5.74) is -2.05. The second-order valence-corrected chi connectivity index (χ2v) is 3.92. The highest BCUT2D eigenvalue weighted by Gasteiger charge is 2.29. The Balaban J connectivity index is 4.11. The van der Waals surface area contributed by atoms with Crippen molar-refractivity contribution in [3.63, 3.8) is 0 Å². The minimum atomic E-state index is -1.11. The van der Waals surface area contributed by atoms with Crippen molar-refractivity contribution in [3.8, 4) is 0 Å². The molecule has 0 aromatic carbocycles. The molecule has 0 unspecified atom stereocenters. The van der Waals surface area contributed by atoms with Crippen LogP contribution in [0.2, 0.25) is 0 Å². The Morgan fingerprint density at radius 2 is 1.38 bits per heavy atom. The lowest BCUT2D eigenvalue weighted by molar-refractivity contribution is 0.0144. The van der Waals surface area contributed by atoms with Crippen molar-refractivity contribution in [2.24, 2.45) is 0 Å². The summed E-state index contributed by atoms with van der Waals surface area (Å²) in [4.78, 5) is 0. The zero-order valence-corrected chi connectivity index (χ0v) is 8.12. The van der Waals surface area contributed by atoms with Gasteiger partial charge in [-0.1, -0.05) is 0 Å². The third-order valence-electron chi connectivity index (χ3n) is 1.80. The molecule has 5 nitrogen and oxygen atoms in total. The molecule has 0 radical (unpaired) electrons. The van der Waals surface area contributed by atoms with Gasteiger partial charge in [0.1, 0.15) is 0 Å². The largest absolute Gasteiger partial charge is 0.394 e. The van der Waals surface area contributed by atoms with Crippen LogP contribution in [0.1, 0.15) is 13.8 Å². The normalized spacial score (nSPS) is 13.4. The molecule has 13 heavy (non-hydrogen) atoms. The molecule has 0 heterocycles. The molecule has 80 valence electrons. The minimum Gasteiger partial charge on any atom is -0.394 e. The van der Waals surface area contributed by atoms with Gasteiger partial charge in [0.15, 0.2) is 0 Å². The van der Waals surface area contributed by atoms with Gasteiger partial charge in [0, 0.05) is 6.54 Å². The average Bonchev–Trinajstić information content (AvgIpc) is 2.06. The molecule has 0 bridgehead atoms. The van der Waals surface area contributed by atoms with Crippen LogP contribution in [0.15, 0.2) is 0 Å². The SMILES string of the molecule is CC(C)(O)CNC(CO)(CO)CO. The fraction of sp³-hybridized carbons (Fsp3) is 1.00. The highest BCUT2D eigenvalue weighted by molar-refractivity contribution is 4.88. The van der Waals surface area contributed by atoms with Crippen molar-refractivity contribution in [1.29, 1.82) is 0 Å². The van der Waals surface area contributed by atoms with E-state index >= 15 is 0 Å². The quantitative estimate of drug-likeness (QED) is 0.338. The van der Waals surface area contributed by atoms with Crippen LogP contribution in [0.3, 0.4) is 0 Å². The Bertz CT molecular complexity index is 131. The number of aliphatic hydroxyl groups is 4. The van der Waals surface area contributed by atoms with Gasteiger partial charge in [-0.05, 0) is 13.8 Å². The maximum absolute atomic E-state index is 9.36. The monoisotopic (exact) mass is 193 g/mol. The van der Waals surface area contributed by atoms with Crippen LogP contribution in [-0.2, 0) is 0 Å². The molecule has 0 saturated carbocycles. The summed E-state index contributed by atoms with van der Waals surface area (Å²) >= 11 is 0. The van der Waals surface area contributed by atoms with E-state index in [1.807, 2.05) is 0 Å². The van der Waals surface area contributed by atoms with E-state index in [0.29, 0.717) is 0 Å². The van der Waals surface area contributed by atoms with E-state index in [1.165, 1.54) is 0 Å². The summed E-state index contributed by atoms with van der Waals surface area (Å²) in [7, 11) is 0. The first kappa shape index (κ1) is 12.8. The molecule has 0 rings (SSSR count). The van der Waals surface area contributed by atoms with Gasteiger partial charge in [-0.15, -0.1) is 0 Å². The van der Waals surface area contributed by atoms with Crippen molar-refractivity contribution in [1.82, 2.24) is 5.32 Å². The number of hydrogen-bond donors (Lipinski definition) is 5. The molecule has 5 heteroatoms. The van der Waals surface area contributed by atoms with Gasteiger partial charge < -0.3 is 25.7 Å².